The second kappa shape index (κ2) is 12.5. The average molecular weight is 564 g/mol. The number of amides is 1. The Labute approximate surface area is 240 Å². The molecule has 4 rings (SSSR count). The number of piperazine rings is 1. The number of piperidine rings is 1. The third-order valence-electron chi connectivity index (χ3n) is 7.99. The molecule has 0 radical (unpaired) electrons. The second-order valence-electron chi connectivity index (χ2n) is 10.7. The van der Waals surface area contributed by atoms with E-state index in [1.165, 1.54) is 0 Å². The fourth-order valence-corrected chi connectivity index (χ4v) is 5.82. The lowest BCUT2D eigenvalue weighted by molar-refractivity contribution is 0.0745. The van der Waals surface area contributed by atoms with Crippen LogP contribution in [0.3, 0.4) is 0 Å². The van der Waals surface area contributed by atoms with Gasteiger partial charge < -0.3 is 20.0 Å². The minimum atomic E-state index is -1.48. The average Bonchev–Trinajstić information content (AvgIpc) is 2.96. The van der Waals surface area contributed by atoms with Crippen molar-refractivity contribution in [3.8, 4) is 6.07 Å². The van der Waals surface area contributed by atoms with E-state index in [9.17, 15) is 23.2 Å². The molecule has 1 N–H and O–H groups in total. The Morgan fingerprint density at radius 1 is 0.976 bits per heavy atom. The van der Waals surface area contributed by atoms with Gasteiger partial charge in [0.2, 0.25) is 0 Å². The molecule has 2 heterocycles. The highest BCUT2D eigenvalue weighted by Crippen LogP contribution is 2.31. The highest BCUT2D eigenvalue weighted by atomic mass is 19.2. The van der Waals surface area contributed by atoms with Gasteiger partial charge in [-0.25, -0.2) is 13.2 Å². The van der Waals surface area contributed by atoms with E-state index in [0.717, 1.165) is 66.1 Å². The maximum absolute atomic E-state index is 13.7. The molecule has 2 fully saturated rings. The lowest BCUT2D eigenvalue weighted by atomic mass is 9.94. The van der Waals surface area contributed by atoms with Crippen LogP contribution in [0.5, 0.6) is 0 Å². The third-order valence-corrected chi connectivity index (χ3v) is 7.99. The molecule has 0 atom stereocenters. The van der Waals surface area contributed by atoms with E-state index in [0.29, 0.717) is 37.3 Å². The Morgan fingerprint density at radius 3 is 2.15 bits per heavy atom. The standard InChI is InChI=1S/C32H36F3N5O/c1-6-7-28(22(4)19-36)39-10-8-24(9-11-39)37-31-21(3)16-20(2)29(23(31)5)32(41)40-14-12-38(13-15-40)25-17-26(33)30(35)27(34)18-25/h6-7,16-18,24,37H,1,4,8-15H2,2-3,5H3/b28-7+. The van der Waals surface area contributed by atoms with E-state index in [1.807, 2.05) is 32.9 Å². The molecule has 0 bridgehead atoms. The van der Waals surface area contributed by atoms with Crippen molar-refractivity contribution in [1.82, 2.24) is 9.80 Å². The van der Waals surface area contributed by atoms with Gasteiger partial charge in [-0.2, -0.15) is 5.26 Å². The van der Waals surface area contributed by atoms with Gasteiger partial charge in [-0.05, 0) is 56.4 Å². The Balaban J connectivity index is 1.45. The first-order valence-electron chi connectivity index (χ1n) is 13.8. The van der Waals surface area contributed by atoms with Gasteiger partial charge in [-0.3, -0.25) is 4.79 Å². The number of nitrogens with one attached hydrogen (secondary N) is 1. The van der Waals surface area contributed by atoms with Crippen molar-refractivity contribution in [3.05, 3.63) is 94.5 Å². The van der Waals surface area contributed by atoms with Gasteiger partial charge in [-0.15, -0.1) is 0 Å². The maximum Gasteiger partial charge on any atom is 0.254 e. The molecular formula is C32H36F3N5O. The zero-order chi connectivity index (χ0) is 29.8. The number of rotatable bonds is 7. The van der Waals surface area contributed by atoms with Crippen LogP contribution in [0, 0.1) is 49.6 Å². The van der Waals surface area contributed by atoms with E-state index in [4.69, 9.17) is 0 Å². The summed E-state index contributed by atoms with van der Waals surface area (Å²) in [6, 6.07) is 6.34. The quantitative estimate of drug-likeness (QED) is 0.254. The van der Waals surface area contributed by atoms with Crippen LogP contribution in [-0.4, -0.2) is 61.0 Å². The number of halogens is 3. The van der Waals surface area contributed by atoms with Crippen LogP contribution in [0.15, 0.2) is 54.8 Å². The van der Waals surface area contributed by atoms with E-state index in [2.05, 4.69) is 29.4 Å². The topological polar surface area (TPSA) is 62.6 Å². The minimum absolute atomic E-state index is 0.0804. The van der Waals surface area contributed by atoms with Crippen molar-refractivity contribution in [1.29, 1.82) is 5.26 Å². The molecule has 41 heavy (non-hydrogen) atoms. The van der Waals surface area contributed by atoms with E-state index in [1.54, 1.807) is 15.9 Å². The lowest BCUT2D eigenvalue weighted by Gasteiger charge is -2.37. The van der Waals surface area contributed by atoms with Gasteiger partial charge >= 0.3 is 0 Å². The number of allylic oxidation sites excluding steroid dienone is 3. The first-order valence-corrected chi connectivity index (χ1v) is 13.8. The molecule has 2 saturated heterocycles. The number of nitriles is 1. The van der Waals surface area contributed by atoms with Crippen LogP contribution in [-0.2, 0) is 0 Å². The summed E-state index contributed by atoms with van der Waals surface area (Å²) in [5, 5.41) is 13.0. The largest absolute Gasteiger partial charge is 0.382 e. The zero-order valence-electron chi connectivity index (χ0n) is 23.9. The first-order chi connectivity index (χ1) is 19.5. The van der Waals surface area contributed by atoms with Crippen LogP contribution in [0.4, 0.5) is 24.5 Å². The monoisotopic (exact) mass is 563 g/mol. The van der Waals surface area contributed by atoms with Crippen LogP contribution >= 0.6 is 0 Å². The Hall–Kier alpha value is -4.19. The second-order valence-corrected chi connectivity index (χ2v) is 10.7. The molecule has 2 aliphatic heterocycles. The predicted octanol–water partition coefficient (Wildman–Crippen LogP) is 6.02. The highest BCUT2D eigenvalue weighted by Gasteiger charge is 2.28. The zero-order valence-corrected chi connectivity index (χ0v) is 23.9. The summed E-state index contributed by atoms with van der Waals surface area (Å²) in [4.78, 5) is 19.4. The van der Waals surface area contributed by atoms with E-state index in [-0.39, 0.29) is 17.6 Å². The van der Waals surface area contributed by atoms with Gasteiger partial charge in [0.25, 0.3) is 5.91 Å². The summed E-state index contributed by atoms with van der Waals surface area (Å²) in [5.41, 5.74) is 5.94. The van der Waals surface area contributed by atoms with E-state index < -0.39 is 17.5 Å². The number of carbonyl (C=O) groups is 1. The summed E-state index contributed by atoms with van der Waals surface area (Å²) >= 11 is 0. The molecule has 0 spiro atoms. The van der Waals surface area contributed by atoms with Crippen LogP contribution in [0.25, 0.3) is 0 Å². The van der Waals surface area contributed by atoms with Gasteiger partial charge in [0.15, 0.2) is 17.5 Å². The Bertz CT molecular complexity index is 1400. The predicted molar refractivity (Wildman–Crippen MR) is 156 cm³/mol. The van der Waals surface area contributed by atoms with Crippen LogP contribution < -0.4 is 10.2 Å². The fourth-order valence-electron chi connectivity index (χ4n) is 5.82. The molecule has 6 nitrogen and oxygen atoms in total. The third kappa shape index (κ3) is 6.27. The van der Waals surface area contributed by atoms with Crippen molar-refractivity contribution >= 4 is 17.3 Å². The van der Waals surface area contributed by atoms with Gasteiger partial charge in [0, 0.05) is 74.4 Å². The lowest BCUT2D eigenvalue weighted by Crippen LogP contribution is -2.49. The smallest absolute Gasteiger partial charge is 0.254 e. The molecule has 2 aromatic carbocycles. The Kier molecular flexibility index (Phi) is 9.11. The minimum Gasteiger partial charge on any atom is -0.382 e. The summed E-state index contributed by atoms with van der Waals surface area (Å²) in [6.45, 7) is 16.6. The van der Waals surface area contributed by atoms with Crippen molar-refractivity contribution in [3.63, 3.8) is 0 Å². The molecule has 216 valence electrons. The normalized spacial score (nSPS) is 16.4. The highest BCUT2D eigenvalue weighted by molar-refractivity contribution is 5.99. The van der Waals surface area contributed by atoms with Gasteiger partial charge in [-0.1, -0.05) is 25.3 Å². The SMILES string of the molecule is C=C/C=C(\C(=C)C#N)N1CCC(Nc2c(C)cc(C)c(C(=O)N3CCN(c4cc(F)c(F)c(F)c4)CC3)c2C)CC1. The summed E-state index contributed by atoms with van der Waals surface area (Å²) in [5.74, 6) is -4.02. The number of hydrogen-bond donors (Lipinski definition) is 1. The maximum atomic E-state index is 13.7. The van der Waals surface area contributed by atoms with E-state index >= 15 is 0 Å². The molecule has 0 aliphatic carbocycles. The number of likely N-dealkylation sites (tertiary alicyclic amines) is 1. The first kappa shape index (κ1) is 29.8. The molecule has 0 aromatic heterocycles. The molecule has 1 amide bonds. The molecule has 0 saturated carbocycles. The number of nitrogens with zero attached hydrogens (tertiary/aromatic N) is 4. The summed E-state index contributed by atoms with van der Waals surface area (Å²) in [6.07, 6.45) is 5.20. The van der Waals surface area contributed by atoms with Crippen molar-refractivity contribution in [2.24, 2.45) is 0 Å². The molecular weight excluding hydrogens is 527 g/mol. The summed E-state index contributed by atoms with van der Waals surface area (Å²) < 4.78 is 40.9. The number of hydrogen-bond acceptors (Lipinski definition) is 5. The summed E-state index contributed by atoms with van der Waals surface area (Å²) in [7, 11) is 0. The number of benzene rings is 2. The van der Waals surface area contributed by atoms with Gasteiger partial charge in [0.1, 0.15) is 6.07 Å². The molecule has 2 aliphatic rings. The van der Waals surface area contributed by atoms with Crippen LogP contribution in [0.1, 0.15) is 39.9 Å². The molecule has 9 heteroatoms. The van der Waals surface area contributed by atoms with Gasteiger partial charge in [0.05, 0.1) is 11.3 Å². The van der Waals surface area contributed by atoms with Crippen LogP contribution in [0.2, 0.25) is 0 Å². The van der Waals surface area contributed by atoms with Crippen molar-refractivity contribution in [2.75, 3.05) is 49.5 Å². The molecule has 2 aromatic rings. The number of anilines is 2. The van der Waals surface area contributed by atoms with Crippen molar-refractivity contribution < 1.29 is 18.0 Å². The number of carbonyl (C=O) groups excluding carboxylic acids is 1. The Morgan fingerprint density at radius 2 is 1.59 bits per heavy atom. The van der Waals surface area contributed by atoms with Crippen molar-refractivity contribution in [2.45, 2.75) is 39.7 Å². The number of aryl methyl sites for hydroxylation is 2. The molecule has 0 unspecified atom stereocenters. The fraction of sp³-hybridized carbons (Fsp3) is 0.375.